The number of amides is 1. The van der Waals surface area contributed by atoms with Gasteiger partial charge in [-0.25, -0.2) is 0 Å². The molecule has 0 spiro atoms. The Morgan fingerprint density at radius 1 is 1.50 bits per heavy atom. The predicted molar refractivity (Wildman–Crippen MR) is 53.7 cm³/mol. The third kappa shape index (κ3) is 1.77. The zero-order valence-corrected chi connectivity index (χ0v) is 8.72. The van der Waals surface area contributed by atoms with Gasteiger partial charge in [-0.1, -0.05) is 0 Å². The smallest absolute Gasteiger partial charge is 0.252 e. The van der Waals surface area contributed by atoms with Crippen molar-refractivity contribution in [2.75, 3.05) is 6.26 Å². The van der Waals surface area contributed by atoms with Crippen molar-refractivity contribution in [3.63, 3.8) is 0 Å². The molecule has 5 heteroatoms. The van der Waals surface area contributed by atoms with Gasteiger partial charge in [0.2, 0.25) is 0 Å². The second-order valence-corrected chi connectivity index (χ2v) is 4.25. The third-order valence-corrected chi connectivity index (χ3v) is 3.01. The van der Waals surface area contributed by atoms with E-state index in [0.717, 1.165) is 0 Å². The summed E-state index contributed by atoms with van der Waals surface area (Å²) in [5.41, 5.74) is 5.60. The van der Waals surface area contributed by atoms with E-state index in [0.29, 0.717) is 10.5 Å². The molecule has 0 fully saturated rings. The molecule has 1 unspecified atom stereocenters. The maximum Gasteiger partial charge on any atom is 0.252 e. The lowest BCUT2D eigenvalue weighted by Gasteiger charge is -2.08. The monoisotopic (exact) mass is 213 g/mol. The first-order chi connectivity index (χ1) is 6.45. The Bertz CT molecular complexity index is 415. The van der Waals surface area contributed by atoms with Crippen LogP contribution in [0.1, 0.15) is 15.9 Å². The number of nitrogens with two attached hydrogens (primary N) is 1. The molecule has 0 aliphatic carbocycles. The molecule has 1 atom stereocenters. The molecule has 0 bridgehead atoms. The molecule has 0 saturated carbocycles. The Labute approximate surface area is 84.2 Å². The maximum absolute atomic E-state index is 11.2. The summed E-state index contributed by atoms with van der Waals surface area (Å²) in [7, 11) is -1.19. The molecule has 3 N–H and O–H groups in total. The van der Waals surface area contributed by atoms with Gasteiger partial charge in [0.05, 0.1) is 16.4 Å². The van der Waals surface area contributed by atoms with Gasteiger partial charge in [0, 0.05) is 11.2 Å². The Hall–Kier alpha value is -1.36. The van der Waals surface area contributed by atoms with E-state index in [1.54, 1.807) is 6.92 Å². The minimum Gasteiger partial charge on any atom is -0.507 e. The summed E-state index contributed by atoms with van der Waals surface area (Å²) in [5.74, 6) is -0.892. The summed E-state index contributed by atoms with van der Waals surface area (Å²) in [6.07, 6.45) is 1.50. The Morgan fingerprint density at radius 3 is 2.50 bits per heavy atom. The highest BCUT2D eigenvalue weighted by atomic mass is 32.2. The molecule has 1 aromatic carbocycles. The SMILES string of the molecule is Cc1c(S(C)=O)ccc(O)c1C(N)=O. The van der Waals surface area contributed by atoms with E-state index in [1.807, 2.05) is 0 Å². The van der Waals surface area contributed by atoms with Crippen LogP contribution in [0.15, 0.2) is 17.0 Å². The number of hydrogen-bond donors (Lipinski definition) is 2. The number of benzene rings is 1. The van der Waals surface area contributed by atoms with Crippen molar-refractivity contribution in [1.82, 2.24) is 0 Å². The summed E-state index contributed by atoms with van der Waals surface area (Å²) in [5, 5.41) is 9.37. The van der Waals surface area contributed by atoms with Gasteiger partial charge in [-0.15, -0.1) is 0 Å². The quantitative estimate of drug-likeness (QED) is 0.752. The van der Waals surface area contributed by atoms with Gasteiger partial charge in [-0.3, -0.25) is 9.00 Å². The van der Waals surface area contributed by atoms with E-state index < -0.39 is 16.7 Å². The van der Waals surface area contributed by atoms with Crippen molar-refractivity contribution in [2.45, 2.75) is 11.8 Å². The van der Waals surface area contributed by atoms with Crippen molar-refractivity contribution in [3.05, 3.63) is 23.3 Å². The summed E-state index contributed by atoms with van der Waals surface area (Å²) in [4.78, 5) is 11.5. The first kappa shape index (κ1) is 10.7. The lowest BCUT2D eigenvalue weighted by molar-refractivity contribution is 0.0997. The van der Waals surface area contributed by atoms with Crippen LogP contribution < -0.4 is 5.73 Å². The molecule has 14 heavy (non-hydrogen) atoms. The Balaban J connectivity index is 3.49. The first-order valence-electron chi connectivity index (χ1n) is 3.91. The molecule has 0 saturated heterocycles. The molecule has 4 nitrogen and oxygen atoms in total. The van der Waals surface area contributed by atoms with Crippen LogP contribution in [0.25, 0.3) is 0 Å². The number of carbonyl (C=O) groups is 1. The number of phenols is 1. The molecule has 0 aliphatic rings. The average molecular weight is 213 g/mol. The minimum atomic E-state index is -1.19. The van der Waals surface area contributed by atoms with Gasteiger partial charge in [0.15, 0.2) is 0 Å². The van der Waals surface area contributed by atoms with E-state index in [4.69, 9.17) is 5.73 Å². The second kappa shape index (κ2) is 3.79. The first-order valence-corrected chi connectivity index (χ1v) is 5.46. The number of primary amides is 1. The normalized spacial score (nSPS) is 12.4. The number of carbonyl (C=O) groups excluding carboxylic acids is 1. The molecule has 0 aliphatic heterocycles. The molecule has 0 aromatic heterocycles. The zero-order chi connectivity index (χ0) is 10.9. The molecule has 76 valence electrons. The van der Waals surface area contributed by atoms with E-state index in [9.17, 15) is 14.1 Å². The molecule has 1 amide bonds. The molecule has 1 aromatic rings. The molecule has 0 radical (unpaired) electrons. The van der Waals surface area contributed by atoms with Crippen LogP contribution in [0.4, 0.5) is 0 Å². The van der Waals surface area contributed by atoms with Gasteiger partial charge in [0.25, 0.3) is 5.91 Å². The van der Waals surface area contributed by atoms with Crippen molar-refractivity contribution in [2.24, 2.45) is 5.73 Å². The standard InChI is InChI=1S/C9H11NO3S/c1-5-7(14(2)13)4-3-6(11)8(5)9(10)12/h3-4,11H,1-2H3,(H2,10,12). The van der Waals surface area contributed by atoms with Crippen molar-refractivity contribution < 1.29 is 14.1 Å². The summed E-state index contributed by atoms with van der Waals surface area (Å²) >= 11 is 0. The number of rotatable bonds is 2. The number of aromatic hydroxyl groups is 1. The fourth-order valence-electron chi connectivity index (χ4n) is 1.30. The summed E-state index contributed by atoms with van der Waals surface area (Å²) in [6, 6.07) is 2.84. The van der Waals surface area contributed by atoms with Crippen molar-refractivity contribution >= 4 is 16.7 Å². The highest BCUT2D eigenvalue weighted by Gasteiger charge is 2.15. The van der Waals surface area contributed by atoms with E-state index in [-0.39, 0.29) is 11.3 Å². The van der Waals surface area contributed by atoms with Gasteiger partial charge in [-0.2, -0.15) is 0 Å². The van der Waals surface area contributed by atoms with Crippen LogP contribution in [0.3, 0.4) is 0 Å². The van der Waals surface area contributed by atoms with Gasteiger partial charge in [0.1, 0.15) is 5.75 Å². The van der Waals surface area contributed by atoms with Crippen molar-refractivity contribution in [1.29, 1.82) is 0 Å². The van der Waals surface area contributed by atoms with Crippen LogP contribution in [0.2, 0.25) is 0 Å². The molecule has 1 rings (SSSR count). The lowest BCUT2D eigenvalue weighted by atomic mass is 10.1. The molecular formula is C9H11NO3S. The maximum atomic E-state index is 11.2. The molecular weight excluding hydrogens is 202 g/mol. The zero-order valence-electron chi connectivity index (χ0n) is 7.90. The van der Waals surface area contributed by atoms with Crippen LogP contribution in [-0.4, -0.2) is 21.5 Å². The van der Waals surface area contributed by atoms with Crippen LogP contribution >= 0.6 is 0 Å². The second-order valence-electron chi connectivity index (χ2n) is 2.90. The fourth-order valence-corrected chi connectivity index (χ4v) is 2.09. The van der Waals surface area contributed by atoms with Crippen LogP contribution in [0, 0.1) is 6.92 Å². The lowest BCUT2D eigenvalue weighted by Crippen LogP contribution is -2.14. The van der Waals surface area contributed by atoms with E-state index >= 15 is 0 Å². The predicted octanol–water partition coefficient (Wildman–Crippen LogP) is 0.537. The average Bonchev–Trinajstić information content (AvgIpc) is 2.02. The van der Waals surface area contributed by atoms with Gasteiger partial charge < -0.3 is 10.8 Å². The largest absolute Gasteiger partial charge is 0.507 e. The highest BCUT2D eigenvalue weighted by molar-refractivity contribution is 7.84. The summed E-state index contributed by atoms with van der Waals surface area (Å²) in [6.45, 7) is 1.61. The van der Waals surface area contributed by atoms with Crippen LogP contribution in [0.5, 0.6) is 5.75 Å². The van der Waals surface area contributed by atoms with Crippen LogP contribution in [-0.2, 0) is 10.8 Å². The Kier molecular flexibility index (Phi) is 2.90. The van der Waals surface area contributed by atoms with Gasteiger partial charge >= 0.3 is 0 Å². The highest BCUT2D eigenvalue weighted by Crippen LogP contribution is 2.25. The van der Waals surface area contributed by atoms with E-state index in [1.165, 1.54) is 18.4 Å². The minimum absolute atomic E-state index is 0.0395. The topological polar surface area (TPSA) is 80.4 Å². The fraction of sp³-hybridized carbons (Fsp3) is 0.222. The summed E-state index contributed by atoms with van der Waals surface area (Å²) < 4.78 is 11.2. The van der Waals surface area contributed by atoms with Gasteiger partial charge in [-0.05, 0) is 24.6 Å². The third-order valence-electron chi connectivity index (χ3n) is 1.95. The van der Waals surface area contributed by atoms with Crippen molar-refractivity contribution in [3.8, 4) is 5.75 Å². The van der Waals surface area contributed by atoms with E-state index in [2.05, 4.69) is 0 Å². The number of hydrogen-bond acceptors (Lipinski definition) is 3. The Morgan fingerprint density at radius 2 is 2.07 bits per heavy atom. The molecule has 0 heterocycles.